The minimum atomic E-state index is -0.601. The summed E-state index contributed by atoms with van der Waals surface area (Å²) in [4.78, 5) is 40.1. The zero-order valence-electron chi connectivity index (χ0n) is 24.8. The molecule has 0 unspecified atom stereocenters. The summed E-state index contributed by atoms with van der Waals surface area (Å²) in [6.45, 7) is 2.00. The Morgan fingerprint density at radius 1 is 0.894 bits per heavy atom. The molecule has 0 radical (unpaired) electrons. The van der Waals surface area contributed by atoms with Crippen LogP contribution in [-0.2, 0) is 9.59 Å². The van der Waals surface area contributed by atoms with Gasteiger partial charge in [-0.3, -0.25) is 14.4 Å². The van der Waals surface area contributed by atoms with Crippen molar-refractivity contribution in [3.05, 3.63) is 140 Å². The molecule has 0 saturated heterocycles. The van der Waals surface area contributed by atoms with Crippen molar-refractivity contribution in [3.63, 3.8) is 0 Å². The molecule has 7 nitrogen and oxygen atoms in total. The van der Waals surface area contributed by atoms with Gasteiger partial charge in [0.05, 0.1) is 11.3 Å². The summed E-state index contributed by atoms with van der Waals surface area (Å²) in [5.74, 6) is -1.29. The number of carbonyl (C=O) groups is 3. The molecule has 1 aromatic heterocycles. The summed E-state index contributed by atoms with van der Waals surface area (Å²) in [5, 5.41) is 21.1. The third kappa shape index (κ3) is 8.70. The van der Waals surface area contributed by atoms with E-state index in [1.165, 1.54) is 29.2 Å². The Labute approximate surface area is 290 Å². The van der Waals surface area contributed by atoms with Crippen molar-refractivity contribution < 1.29 is 14.4 Å². The molecule has 0 fully saturated rings. The van der Waals surface area contributed by atoms with E-state index in [-0.39, 0.29) is 17.4 Å². The van der Waals surface area contributed by atoms with Gasteiger partial charge >= 0.3 is 0 Å². The fourth-order valence-electron chi connectivity index (χ4n) is 4.42. The molecular weight excluding hydrogens is 671 g/mol. The first-order valence-corrected chi connectivity index (χ1v) is 16.8. The molecule has 3 amide bonds. The molecular formula is C36H26Cl2N4O3S2. The molecule has 1 heterocycles. The van der Waals surface area contributed by atoms with Crippen LogP contribution in [0.15, 0.2) is 113 Å². The van der Waals surface area contributed by atoms with E-state index < -0.39 is 11.8 Å². The number of nitrogens with one attached hydrogen (secondary N) is 3. The first kappa shape index (κ1) is 33.5. The van der Waals surface area contributed by atoms with Crippen molar-refractivity contribution in [2.24, 2.45) is 0 Å². The summed E-state index contributed by atoms with van der Waals surface area (Å²) in [6, 6.07) is 30.5. The summed E-state index contributed by atoms with van der Waals surface area (Å²) in [5.41, 5.74) is 4.33. The molecule has 0 aliphatic carbocycles. The molecule has 5 aromatic rings. The van der Waals surface area contributed by atoms with Gasteiger partial charge < -0.3 is 16.0 Å². The minimum Gasteiger partial charge on any atom is -0.321 e. The number of halogens is 2. The number of anilines is 2. The number of benzene rings is 4. The van der Waals surface area contributed by atoms with Gasteiger partial charge in [-0.2, -0.15) is 5.26 Å². The standard InChI is InChI=1S/C36H26Cl2N4O3S2/c1-22-13-15-23(16-14-22)29-20-47-36(28(29)19-39)42-33(43)21-46-26-10-5-9-25(17-26)40-35(45)32(18-27-30(37)11-6-12-31(27)38)41-34(44)24-7-3-2-4-8-24/h2-18,20H,21H2,1H3,(H,40,45)(H,41,44)(H,42,43)/b32-18+. The number of thiophene rings is 1. The second-order valence-corrected chi connectivity index (χ2v) is 12.9. The van der Waals surface area contributed by atoms with Crippen LogP contribution in [0.5, 0.6) is 0 Å². The van der Waals surface area contributed by atoms with Crippen LogP contribution < -0.4 is 16.0 Å². The van der Waals surface area contributed by atoms with Gasteiger partial charge in [-0.15, -0.1) is 23.1 Å². The van der Waals surface area contributed by atoms with Gasteiger partial charge in [0.25, 0.3) is 11.8 Å². The Balaban J connectivity index is 1.27. The molecule has 3 N–H and O–H groups in total. The Bertz CT molecular complexity index is 2000. The lowest BCUT2D eigenvalue weighted by Gasteiger charge is -2.13. The zero-order valence-corrected chi connectivity index (χ0v) is 28.0. The molecule has 0 atom stereocenters. The fraction of sp³-hybridized carbons (Fsp3) is 0.0556. The van der Waals surface area contributed by atoms with E-state index >= 15 is 0 Å². The second-order valence-electron chi connectivity index (χ2n) is 10.2. The maximum absolute atomic E-state index is 13.5. The third-order valence-corrected chi connectivity index (χ3v) is 9.35. The van der Waals surface area contributed by atoms with Gasteiger partial charge in [0, 0.05) is 42.7 Å². The van der Waals surface area contributed by atoms with Crippen LogP contribution in [0, 0.1) is 18.3 Å². The van der Waals surface area contributed by atoms with Crippen LogP contribution in [0.1, 0.15) is 27.0 Å². The topological polar surface area (TPSA) is 111 Å². The molecule has 0 aliphatic heterocycles. The quantitative estimate of drug-likeness (QED) is 0.0997. The van der Waals surface area contributed by atoms with Crippen molar-refractivity contribution in [2.75, 3.05) is 16.4 Å². The highest BCUT2D eigenvalue weighted by Crippen LogP contribution is 2.35. The largest absolute Gasteiger partial charge is 0.321 e. The Hall–Kier alpha value is -4.85. The summed E-state index contributed by atoms with van der Waals surface area (Å²) in [7, 11) is 0. The van der Waals surface area contributed by atoms with Gasteiger partial charge in [0.15, 0.2) is 0 Å². The predicted molar refractivity (Wildman–Crippen MR) is 192 cm³/mol. The SMILES string of the molecule is Cc1ccc(-c2csc(NC(=O)CSc3cccc(NC(=O)/C(=C\c4c(Cl)cccc4Cl)NC(=O)c4ccccc4)c3)c2C#N)cc1. The van der Waals surface area contributed by atoms with E-state index in [1.54, 1.807) is 66.7 Å². The maximum Gasteiger partial charge on any atom is 0.272 e. The third-order valence-electron chi connectivity index (χ3n) is 6.80. The van der Waals surface area contributed by atoms with E-state index in [4.69, 9.17) is 23.2 Å². The highest BCUT2D eigenvalue weighted by atomic mass is 35.5. The van der Waals surface area contributed by atoms with E-state index in [1.807, 2.05) is 42.6 Å². The maximum atomic E-state index is 13.5. The monoisotopic (exact) mass is 696 g/mol. The van der Waals surface area contributed by atoms with Gasteiger partial charge in [-0.1, -0.05) is 83.4 Å². The molecule has 5 rings (SSSR count). The summed E-state index contributed by atoms with van der Waals surface area (Å²) in [6.07, 6.45) is 1.42. The number of hydrogen-bond acceptors (Lipinski definition) is 6. The van der Waals surface area contributed by atoms with Crippen molar-refractivity contribution in [1.82, 2.24) is 5.32 Å². The predicted octanol–water partition coefficient (Wildman–Crippen LogP) is 9.04. The van der Waals surface area contributed by atoms with Gasteiger partial charge in [0.1, 0.15) is 16.8 Å². The van der Waals surface area contributed by atoms with Crippen molar-refractivity contribution in [1.29, 1.82) is 5.26 Å². The molecule has 234 valence electrons. The number of thioether (sulfide) groups is 1. The molecule has 4 aromatic carbocycles. The number of nitrogens with zero attached hydrogens (tertiary/aromatic N) is 1. The van der Waals surface area contributed by atoms with Crippen LogP contribution >= 0.6 is 46.3 Å². The average Bonchev–Trinajstić information content (AvgIpc) is 3.48. The molecule has 11 heteroatoms. The number of nitriles is 1. The number of carbonyl (C=O) groups excluding carboxylic acids is 3. The Kier molecular flexibility index (Phi) is 11.1. The molecule has 0 bridgehead atoms. The van der Waals surface area contributed by atoms with E-state index in [9.17, 15) is 19.6 Å². The van der Waals surface area contributed by atoms with E-state index in [0.29, 0.717) is 37.4 Å². The molecule has 47 heavy (non-hydrogen) atoms. The average molecular weight is 698 g/mol. The highest BCUT2D eigenvalue weighted by Gasteiger charge is 2.18. The van der Waals surface area contributed by atoms with Gasteiger partial charge in [0.2, 0.25) is 5.91 Å². The van der Waals surface area contributed by atoms with Crippen LogP contribution in [0.3, 0.4) is 0 Å². The number of aryl methyl sites for hydroxylation is 1. The summed E-state index contributed by atoms with van der Waals surface area (Å²) < 4.78 is 0. The number of rotatable bonds is 10. The minimum absolute atomic E-state index is 0.0689. The lowest BCUT2D eigenvalue weighted by molar-refractivity contribution is -0.114. The number of hydrogen-bond donors (Lipinski definition) is 3. The van der Waals surface area contributed by atoms with Crippen LogP contribution in [-0.4, -0.2) is 23.5 Å². The van der Waals surface area contributed by atoms with Crippen molar-refractivity contribution in [2.45, 2.75) is 11.8 Å². The first-order valence-electron chi connectivity index (χ1n) is 14.2. The summed E-state index contributed by atoms with van der Waals surface area (Å²) >= 11 is 15.3. The number of amides is 3. The molecule has 0 spiro atoms. The molecule has 0 saturated carbocycles. The first-order chi connectivity index (χ1) is 22.7. The smallest absolute Gasteiger partial charge is 0.272 e. The van der Waals surface area contributed by atoms with Crippen molar-refractivity contribution >= 4 is 80.8 Å². The van der Waals surface area contributed by atoms with Crippen LogP contribution in [0.25, 0.3) is 17.2 Å². The normalized spacial score (nSPS) is 11.0. The van der Waals surface area contributed by atoms with Crippen LogP contribution in [0.2, 0.25) is 10.0 Å². The van der Waals surface area contributed by atoms with E-state index in [2.05, 4.69) is 22.0 Å². The fourth-order valence-corrected chi connectivity index (χ4v) is 6.61. The Morgan fingerprint density at radius 3 is 2.30 bits per heavy atom. The van der Waals surface area contributed by atoms with Crippen molar-refractivity contribution in [3.8, 4) is 17.2 Å². The lowest BCUT2D eigenvalue weighted by Crippen LogP contribution is -2.30. The molecule has 0 aliphatic rings. The van der Waals surface area contributed by atoms with E-state index in [0.717, 1.165) is 21.6 Å². The Morgan fingerprint density at radius 2 is 1.60 bits per heavy atom. The highest BCUT2D eigenvalue weighted by molar-refractivity contribution is 8.00. The van der Waals surface area contributed by atoms with Crippen LogP contribution in [0.4, 0.5) is 10.7 Å². The zero-order chi connectivity index (χ0) is 33.3. The lowest BCUT2D eigenvalue weighted by atomic mass is 10.0. The van der Waals surface area contributed by atoms with Gasteiger partial charge in [-0.25, -0.2) is 0 Å². The van der Waals surface area contributed by atoms with Gasteiger partial charge in [-0.05, 0) is 61.0 Å². The second kappa shape index (κ2) is 15.6.